The average molecular weight is 563 g/mol. The maximum absolute atomic E-state index is 13.0. The molecule has 0 unspecified atom stereocenters. The van der Waals surface area contributed by atoms with E-state index in [4.69, 9.17) is 10.7 Å². The normalized spacial score (nSPS) is 19.3. The number of Topliss-reactive ketones (excluding diaryl/α,β-unsaturated/α-hetero) is 1. The number of rotatable bonds is 7. The van der Waals surface area contributed by atoms with Gasteiger partial charge in [-0.15, -0.1) is 0 Å². The summed E-state index contributed by atoms with van der Waals surface area (Å²) < 4.78 is 41.0. The molecular formula is C30H29F3N6O2. The van der Waals surface area contributed by atoms with Crippen molar-refractivity contribution in [3.05, 3.63) is 71.9 Å². The highest BCUT2D eigenvalue weighted by Crippen LogP contribution is 2.41. The van der Waals surface area contributed by atoms with Crippen molar-refractivity contribution >= 4 is 28.8 Å². The Labute approximate surface area is 234 Å². The maximum Gasteiger partial charge on any atom is 0.416 e. The zero-order valence-electron chi connectivity index (χ0n) is 22.2. The van der Waals surface area contributed by atoms with E-state index in [9.17, 15) is 22.8 Å². The van der Waals surface area contributed by atoms with Crippen LogP contribution in [-0.4, -0.2) is 31.0 Å². The maximum atomic E-state index is 13.0. The second-order valence-electron chi connectivity index (χ2n) is 11.0. The van der Waals surface area contributed by atoms with Gasteiger partial charge in [0.05, 0.1) is 5.56 Å². The summed E-state index contributed by atoms with van der Waals surface area (Å²) in [6.45, 7) is 0. The molecule has 0 radical (unpaired) electrons. The summed E-state index contributed by atoms with van der Waals surface area (Å²) in [6.07, 6.45) is 6.58. The molecule has 8 nitrogen and oxygen atoms in total. The molecule has 0 aliphatic heterocycles. The first-order valence-electron chi connectivity index (χ1n) is 13.8. The van der Waals surface area contributed by atoms with Gasteiger partial charge in [-0.2, -0.15) is 13.2 Å². The third-order valence-corrected chi connectivity index (χ3v) is 8.03. The Kier molecular flexibility index (Phi) is 6.96. The third kappa shape index (κ3) is 5.66. The molecule has 2 atom stereocenters. The summed E-state index contributed by atoms with van der Waals surface area (Å²) in [7, 11) is 0. The van der Waals surface area contributed by atoms with E-state index in [1.807, 2.05) is 10.6 Å². The predicted octanol–water partition coefficient (Wildman–Crippen LogP) is 6.29. The lowest BCUT2D eigenvalue weighted by atomic mass is 9.78. The molecule has 1 amide bonds. The standard InChI is InChI=1S/C30H29F3N6O2/c31-30(32,33)22-10-11-35-24(16-22)37-29(41)20-8-6-19(7-9-20)25-26-27(34)36-12-13-39(26)28(38-25)21-3-1-2-17(14-21)15-23(40)18-4-5-18/h6-13,16-18,21H,1-5,14-15H2,(H2,34,36)(H,35,37,41)/t17-,21-/m1/s1. The van der Waals surface area contributed by atoms with E-state index < -0.39 is 17.6 Å². The van der Waals surface area contributed by atoms with Crippen LogP contribution >= 0.6 is 0 Å². The minimum atomic E-state index is -4.54. The average Bonchev–Trinajstić information content (AvgIpc) is 3.74. The number of pyridine rings is 1. The highest BCUT2D eigenvalue weighted by atomic mass is 19.4. The lowest BCUT2D eigenvalue weighted by Gasteiger charge is -2.28. The van der Waals surface area contributed by atoms with Gasteiger partial charge in [-0.1, -0.05) is 18.6 Å². The van der Waals surface area contributed by atoms with Crippen LogP contribution in [-0.2, 0) is 11.0 Å². The number of alkyl halides is 3. The summed E-state index contributed by atoms with van der Waals surface area (Å²) in [4.78, 5) is 38.3. The van der Waals surface area contributed by atoms with E-state index in [1.54, 1.807) is 30.5 Å². The topological polar surface area (TPSA) is 115 Å². The molecule has 2 saturated carbocycles. The van der Waals surface area contributed by atoms with Crippen molar-refractivity contribution in [1.82, 2.24) is 19.4 Å². The molecule has 3 heterocycles. The smallest absolute Gasteiger partial charge is 0.382 e. The Bertz CT molecular complexity index is 1610. The number of anilines is 2. The number of halogens is 3. The van der Waals surface area contributed by atoms with Crippen molar-refractivity contribution in [3.8, 4) is 11.3 Å². The van der Waals surface area contributed by atoms with Crippen LogP contribution in [0.15, 0.2) is 55.0 Å². The van der Waals surface area contributed by atoms with Crippen molar-refractivity contribution in [1.29, 1.82) is 0 Å². The number of nitrogens with zero attached hydrogens (tertiary/aromatic N) is 4. The predicted molar refractivity (Wildman–Crippen MR) is 147 cm³/mol. The molecular weight excluding hydrogens is 533 g/mol. The summed E-state index contributed by atoms with van der Waals surface area (Å²) >= 11 is 0. The summed E-state index contributed by atoms with van der Waals surface area (Å²) in [5.74, 6) is 1.61. The first kappa shape index (κ1) is 26.9. The Balaban J connectivity index is 1.24. The van der Waals surface area contributed by atoms with Crippen LogP contribution in [0.4, 0.5) is 24.8 Å². The molecule has 4 aromatic rings. The van der Waals surface area contributed by atoms with Crippen LogP contribution in [0.3, 0.4) is 0 Å². The molecule has 41 heavy (non-hydrogen) atoms. The van der Waals surface area contributed by atoms with Crippen LogP contribution in [0.1, 0.15) is 72.6 Å². The Hall–Kier alpha value is -4.28. The van der Waals surface area contributed by atoms with Crippen molar-refractivity contribution in [3.63, 3.8) is 0 Å². The van der Waals surface area contributed by atoms with Crippen molar-refractivity contribution in [2.75, 3.05) is 11.1 Å². The fourth-order valence-corrected chi connectivity index (χ4v) is 5.79. The number of hydrogen-bond donors (Lipinski definition) is 2. The molecule has 11 heteroatoms. The van der Waals surface area contributed by atoms with Crippen LogP contribution in [0.25, 0.3) is 16.8 Å². The Morgan fingerprint density at radius 1 is 1.02 bits per heavy atom. The van der Waals surface area contributed by atoms with E-state index in [0.717, 1.165) is 68.2 Å². The second-order valence-corrected chi connectivity index (χ2v) is 11.0. The van der Waals surface area contributed by atoms with Gasteiger partial charge in [0.1, 0.15) is 34.5 Å². The number of nitrogens with two attached hydrogens (primary N) is 1. The number of ketones is 1. The summed E-state index contributed by atoms with van der Waals surface area (Å²) in [6, 6.07) is 8.25. The number of nitrogens with one attached hydrogen (secondary N) is 1. The number of fused-ring (bicyclic) bond motifs is 1. The molecule has 0 saturated heterocycles. The lowest BCUT2D eigenvalue weighted by Crippen LogP contribution is -2.19. The van der Waals surface area contributed by atoms with Gasteiger partial charge in [-0.3, -0.25) is 14.0 Å². The second kappa shape index (κ2) is 10.6. The SMILES string of the molecule is Nc1nccn2c([C@@H]3CCC[C@@H](CC(=O)C4CC4)C3)nc(-c3ccc(C(=O)Nc4cc(C(F)(F)F)ccn4)cc3)c12. The molecule has 6 rings (SSSR count). The van der Waals surface area contributed by atoms with Gasteiger partial charge in [0, 0.05) is 48.0 Å². The van der Waals surface area contributed by atoms with Gasteiger partial charge in [-0.05, 0) is 62.3 Å². The van der Waals surface area contributed by atoms with E-state index in [2.05, 4.69) is 15.3 Å². The fraction of sp³-hybridized carbons (Fsp3) is 0.367. The van der Waals surface area contributed by atoms with Gasteiger partial charge in [0.2, 0.25) is 0 Å². The highest BCUT2D eigenvalue weighted by molar-refractivity contribution is 6.04. The quantitative estimate of drug-likeness (QED) is 0.274. The number of hydrogen-bond acceptors (Lipinski definition) is 6. The van der Waals surface area contributed by atoms with Crippen LogP contribution in [0, 0.1) is 11.8 Å². The van der Waals surface area contributed by atoms with Crippen molar-refractivity contribution in [2.24, 2.45) is 11.8 Å². The number of amides is 1. The molecule has 0 bridgehead atoms. The molecule has 1 aromatic carbocycles. The highest BCUT2D eigenvalue weighted by Gasteiger charge is 2.34. The number of aromatic nitrogens is 4. The summed E-state index contributed by atoms with van der Waals surface area (Å²) in [5.41, 5.74) is 7.68. The molecule has 2 fully saturated rings. The number of carbonyl (C=O) groups excluding carboxylic acids is 2. The summed E-state index contributed by atoms with van der Waals surface area (Å²) in [5, 5.41) is 2.42. The first-order valence-corrected chi connectivity index (χ1v) is 13.8. The molecule has 2 aliphatic carbocycles. The zero-order chi connectivity index (χ0) is 28.7. The van der Waals surface area contributed by atoms with E-state index >= 15 is 0 Å². The monoisotopic (exact) mass is 562 g/mol. The fourth-order valence-electron chi connectivity index (χ4n) is 5.79. The minimum Gasteiger partial charge on any atom is -0.382 e. The van der Waals surface area contributed by atoms with Crippen LogP contribution < -0.4 is 11.1 Å². The first-order chi connectivity index (χ1) is 19.7. The van der Waals surface area contributed by atoms with Gasteiger partial charge in [-0.25, -0.2) is 15.0 Å². The van der Waals surface area contributed by atoms with Gasteiger partial charge in [0.25, 0.3) is 5.91 Å². The van der Waals surface area contributed by atoms with Gasteiger partial charge < -0.3 is 11.1 Å². The molecule has 2 aliphatic rings. The van der Waals surface area contributed by atoms with E-state index in [1.165, 1.54) is 0 Å². The minimum absolute atomic E-state index is 0.175. The molecule has 0 spiro atoms. The number of imidazole rings is 1. The number of carbonyl (C=O) groups is 2. The molecule has 3 N–H and O–H groups in total. The van der Waals surface area contributed by atoms with Crippen LogP contribution in [0.5, 0.6) is 0 Å². The Morgan fingerprint density at radius 3 is 2.54 bits per heavy atom. The lowest BCUT2D eigenvalue weighted by molar-refractivity contribution is -0.137. The van der Waals surface area contributed by atoms with E-state index in [0.29, 0.717) is 35.2 Å². The van der Waals surface area contributed by atoms with Crippen molar-refractivity contribution in [2.45, 2.75) is 57.0 Å². The molecule has 212 valence electrons. The van der Waals surface area contributed by atoms with E-state index in [-0.39, 0.29) is 23.2 Å². The third-order valence-electron chi connectivity index (χ3n) is 8.03. The van der Waals surface area contributed by atoms with Gasteiger partial charge >= 0.3 is 6.18 Å². The van der Waals surface area contributed by atoms with Crippen molar-refractivity contribution < 1.29 is 22.8 Å². The number of benzene rings is 1. The molecule has 3 aromatic heterocycles. The zero-order valence-corrected chi connectivity index (χ0v) is 22.2. The largest absolute Gasteiger partial charge is 0.416 e. The Morgan fingerprint density at radius 2 is 1.80 bits per heavy atom. The number of nitrogen functional groups attached to an aromatic ring is 1. The van der Waals surface area contributed by atoms with Gasteiger partial charge in [0.15, 0.2) is 0 Å². The van der Waals surface area contributed by atoms with Crippen LogP contribution in [0.2, 0.25) is 0 Å².